The molecule has 0 saturated carbocycles. The average molecular weight is 355 g/mol. The molecule has 0 bridgehead atoms. The zero-order valence-corrected chi connectivity index (χ0v) is 14.9. The van der Waals surface area contributed by atoms with Crippen molar-refractivity contribution >= 4 is 23.8 Å². The van der Waals surface area contributed by atoms with Gasteiger partial charge in [0.05, 0.1) is 18.1 Å². The Hall–Kier alpha value is -2.79. The lowest BCUT2D eigenvalue weighted by atomic mass is 10.1. The van der Waals surface area contributed by atoms with E-state index < -0.39 is 0 Å². The second kappa shape index (κ2) is 7.40. The van der Waals surface area contributed by atoms with Crippen LogP contribution in [0.2, 0.25) is 5.02 Å². The Bertz CT molecular complexity index is 900. The number of aryl methyl sites for hydroxylation is 2. The monoisotopic (exact) mass is 354 g/mol. The van der Waals surface area contributed by atoms with Gasteiger partial charge in [-0.2, -0.15) is 5.10 Å². The van der Waals surface area contributed by atoms with Crippen molar-refractivity contribution in [2.75, 3.05) is 5.73 Å². The first-order valence-electron chi connectivity index (χ1n) is 7.85. The Balaban J connectivity index is 1.80. The van der Waals surface area contributed by atoms with Crippen LogP contribution in [-0.4, -0.2) is 15.9 Å². The maximum absolute atomic E-state index is 6.11. The molecule has 0 atom stereocenters. The number of ether oxygens (including phenoxy) is 1. The average Bonchev–Trinajstić information content (AvgIpc) is 2.91. The molecule has 0 aliphatic rings. The number of hydrogen-bond donors (Lipinski definition) is 1. The van der Waals surface area contributed by atoms with Crippen molar-refractivity contribution in [2.45, 2.75) is 20.5 Å². The summed E-state index contributed by atoms with van der Waals surface area (Å²) in [4.78, 5) is 4.12. The highest BCUT2D eigenvalue weighted by atomic mass is 35.5. The van der Waals surface area contributed by atoms with E-state index >= 15 is 0 Å². The molecule has 0 radical (unpaired) electrons. The predicted octanol–water partition coefficient (Wildman–Crippen LogP) is 4.20. The Labute approximate surface area is 151 Å². The summed E-state index contributed by atoms with van der Waals surface area (Å²) in [7, 11) is 0. The molecule has 0 aliphatic heterocycles. The molecule has 0 spiro atoms. The van der Waals surface area contributed by atoms with E-state index in [0.717, 1.165) is 16.8 Å². The van der Waals surface area contributed by atoms with Crippen molar-refractivity contribution in [3.8, 4) is 5.75 Å². The molecule has 1 aromatic heterocycles. The first-order valence-corrected chi connectivity index (χ1v) is 8.23. The van der Waals surface area contributed by atoms with Gasteiger partial charge in [-0.1, -0.05) is 41.4 Å². The largest absolute Gasteiger partial charge is 0.488 e. The predicted molar refractivity (Wildman–Crippen MR) is 101 cm³/mol. The fourth-order valence-corrected chi connectivity index (χ4v) is 2.50. The summed E-state index contributed by atoms with van der Waals surface area (Å²) in [5.74, 6) is 1.03. The second-order valence-corrected chi connectivity index (χ2v) is 6.22. The summed E-state index contributed by atoms with van der Waals surface area (Å²) in [6, 6.07) is 13.6. The van der Waals surface area contributed by atoms with Gasteiger partial charge >= 0.3 is 0 Å². The molecule has 0 fully saturated rings. The van der Waals surface area contributed by atoms with Gasteiger partial charge in [0.25, 0.3) is 0 Å². The highest BCUT2D eigenvalue weighted by molar-refractivity contribution is 6.30. The number of nitrogens with two attached hydrogens (primary N) is 1. The summed E-state index contributed by atoms with van der Waals surface area (Å²) >= 11 is 6.11. The zero-order valence-electron chi connectivity index (χ0n) is 14.1. The van der Waals surface area contributed by atoms with Gasteiger partial charge in [0.15, 0.2) is 0 Å². The molecule has 6 heteroatoms. The molecular formula is C19H19ClN4O. The van der Waals surface area contributed by atoms with Crippen LogP contribution in [0.1, 0.15) is 22.4 Å². The standard InChI is InChI=1S/C19H19ClN4O/c1-13-3-5-15(6-4-13)12-25-18-8-7-17(20)9-16(18)10-22-24-11-14(2)23-19(24)21/h3-11H,12H2,1-2H3,(H2,21,23). The van der Waals surface area contributed by atoms with Crippen LogP contribution < -0.4 is 10.5 Å². The minimum Gasteiger partial charge on any atom is -0.488 e. The van der Waals surface area contributed by atoms with Crippen molar-refractivity contribution in [1.82, 2.24) is 9.66 Å². The number of anilines is 1. The highest BCUT2D eigenvalue weighted by Crippen LogP contribution is 2.23. The molecule has 0 amide bonds. The van der Waals surface area contributed by atoms with Crippen molar-refractivity contribution in [3.05, 3.63) is 76.1 Å². The summed E-state index contributed by atoms with van der Waals surface area (Å²) in [6.45, 7) is 4.38. The van der Waals surface area contributed by atoms with Crippen LogP contribution in [0.5, 0.6) is 5.75 Å². The van der Waals surface area contributed by atoms with Gasteiger partial charge in [0.2, 0.25) is 5.95 Å². The highest BCUT2D eigenvalue weighted by Gasteiger charge is 2.05. The lowest BCUT2D eigenvalue weighted by molar-refractivity contribution is 0.306. The minimum atomic E-state index is 0.331. The quantitative estimate of drug-likeness (QED) is 0.698. The number of benzene rings is 2. The number of rotatable bonds is 5. The smallest absolute Gasteiger partial charge is 0.221 e. The summed E-state index contributed by atoms with van der Waals surface area (Å²) in [5.41, 5.74) is 9.69. The molecule has 3 rings (SSSR count). The van der Waals surface area contributed by atoms with Crippen LogP contribution in [0.4, 0.5) is 5.95 Å². The number of halogens is 1. The molecule has 2 aromatic carbocycles. The Morgan fingerprint density at radius 1 is 1.20 bits per heavy atom. The lowest BCUT2D eigenvalue weighted by Gasteiger charge is -2.10. The fourth-order valence-electron chi connectivity index (χ4n) is 2.32. The van der Waals surface area contributed by atoms with Crippen molar-refractivity contribution in [2.24, 2.45) is 5.10 Å². The van der Waals surface area contributed by atoms with Crippen molar-refractivity contribution < 1.29 is 4.74 Å². The molecule has 5 nitrogen and oxygen atoms in total. The summed E-state index contributed by atoms with van der Waals surface area (Å²) in [5, 5.41) is 4.94. The van der Waals surface area contributed by atoms with Crippen LogP contribution in [0.3, 0.4) is 0 Å². The molecule has 1 heterocycles. The van der Waals surface area contributed by atoms with Crippen LogP contribution in [-0.2, 0) is 6.61 Å². The summed E-state index contributed by atoms with van der Waals surface area (Å²) < 4.78 is 7.45. The maximum Gasteiger partial charge on any atom is 0.221 e. The molecular weight excluding hydrogens is 336 g/mol. The third-order valence-corrected chi connectivity index (χ3v) is 3.88. The van der Waals surface area contributed by atoms with Gasteiger partial charge in [-0.25, -0.2) is 9.66 Å². The van der Waals surface area contributed by atoms with Crippen LogP contribution in [0.15, 0.2) is 53.8 Å². The van der Waals surface area contributed by atoms with Gasteiger partial charge in [-0.05, 0) is 37.6 Å². The van der Waals surface area contributed by atoms with Crippen molar-refractivity contribution in [1.29, 1.82) is 0 Å². The first-order chi connectivity index (χ1) is 12.0. The van der Waals surface area contributed by atoms with E-state index in [9.17, 15) is 0 Å². The minimum absolute atomic E-state index is 0.331. The topological polar surface area (TPSA) is 65.4 Å². The molecule has 128 valence electrons. The molecule has 0 saturated heterocycles. The van der Waals surface area contributed by atoms with Crippen LogP contribution >= 0.6 is 11.6 Å². The van der Waals surface area contributed by atoms with Gasteiger partial charge < -0.3 is 10.5 Å². The molecule has 0 aliphatic carbocycles. The Kier molecular flexibility index (Phi) is 5.05. The number of imidazole rings is 1. The van der Waals surface area contributed by atoms with Crippen LogP contribution in [0, 0.1) is 13.8 Å². The van der Waals surface area contributed by atoms with E-state index in [1.165, 1.54) is 10.2 Å². The van der Waals surface area contributed by atoms with E-state index in [4.69, 9.17) is 22.1 Å². The van der Waals surface area contributed by atoms with Gasteiger partial charge in [-0.15, -0.1) is 0 Å². The number of hydrogen-bond acceptors (Lipinski definition) is 4. The first kappa shape index (κ1) is 17.0. The van der Waals surface area contributed by atoms with Gasteiger partial charge in [-0.3, -0.25) is 0 Å². The molecule has 0 unspecified atom stereocenters. The van der Waals surface area contributed by atoms with E-state index in [1.807, 2.05) is 25.1 Å². The van der Waals surface area contributed by atoms with E-state index in [-0.39, 0.29) is 0 Å². The normalized spacial score (nSPS) is 11.2. The SMILES string of the molecule is Cc1ccc(COc2ccc(Cl)cc2C=Nn2cc(C)nc2N)cc1. The molecule has 25 heavy (non-hydrogen) atoms. The third kappa shape index (κ3) is 4.39. The van der Waals surface area contributed by atoms with Crippen LogP contribution in [0.25, 0.3) is 0 Å². The maximum atomic E-state index is 6.11. The van der Waals surface area contributed by atoms with E-state index in [2.05, 4.69) is 29.1 Å². The van der Waals surface area contributed by atoms with E-state index in [0.29, 0.717) is 23.3 Å². The fraction of sp³-hybridized carbons (Fsp3) is 0.158. The Morgan fingerprint density at radius 2 is 1.96 bits per heavy atom. The van der Waals surface area contributed by atoms with Gasteiger partial charge in [0.1, 0.15) is 12.4 Å². The second-order valence-electron chi connectivity index (χ2n) is 5.79. The Morgan fingerprint density at radius 3 is 2.64 bits per heavy atom. The summed E-state index contributed by atoms with van der Waals surface area (Å²) in [6.07, 6.45) is 3.41. The number of nitrogens with zero attached hydrogens (tertiary/aromatic N) is 3. The number of aromatic nitrogens is 2. The van der Waals surface area contributed by atoms with E-state index in [1.54, 1.807) is 24.5 Å². The van der Waals surface area contributed by atoms with Crippen molar-refractivity contribution in [3.63, 3.8) is 0 Å². The lowest BCUT2D eigenvalue weighted by Crippen LogP contribution is -2.00. The number of nitrogen functional groups attached to an aromatic ring is 1. The third-order valence-electron chi connectivity index (χ3n) is 3.64. The molecule has 3 aromatic rings. The van der Waals surface area contributed by atoms with Gasteiger partial charge in [0, 0.05) is 10.6 Å². The zero-order chi connectivity index (χ0) is 17.8. The molecule has 2 N–H and O–H groups in total.